The maximum atomic E-state index is 11.3. The first-order valence-electron chi connectivity index (χ1n) is 6.12. The maximum absolute atomic E-state index is 11.3. The topological polar surface area (TPSA) is 32.3 Å². The summed E-state index contributed by atoms with van der Waals surface area (Å²) in [5.41, 5.74) is 2.68. The summed E-state index contributed by atoms with van der Waals surface area (Å²) in [6.07, 6.45) is 6.47. The number of amides is 1. The van der Waals surface area contributed by atoms with Crippen molar-refractivity contribution >= 4 is 5.91 Å². The van der Waals surface area contributed by atoms with Crippen molar-refractivity contribution in [2.45, 2.75) is 33.6 Å². The summed E-state index contributed by atoms with van der Waals surface area (Å²) in [6, 6.07) is 0. The van der Waals surface area contributed by atoms with E-state index in [4.69, 9.17) is 0 Å². The average Bonchev–Trinajstić information content (AvgIpc) is 2.15. The third-order valence-electron chi connectivity index (χ3n) is 2.30. The van der Waals surface area contributed by atoms with E-state index in [9.17, 15) is 4.79 Å². The highest BCUT2D eigenvalue weighted by atomic mass is 16.1. The zero-order valence-corrected chi connectivity index (χ0v) is 11.8. The Hall–Kier alpha value is -1.09. The van der Waals surface area contributed by atoms with Gasteiger partial charge in [0.2, 0.25) is 5.91 Å². The van der Waals surface area contributed by atoms with E-state index in [0.29, 0.717) is 13.1 Å². The van der Waals surface area contributed by atoms with Gasteiger partial charge in [-0.15, -0.1) is 0 Å². The minimum Gasteiger partial charge on any atom is -0.352 e. The first-order chi connectivity index (χ1) is 7.91. The van der Waals surface area contributed by atoms with Crippen molar-refractivity contribution in [1.29, 1.82) is 0 Å². The van der Waals surface area contributed by atoms with Crippen molar-refractivity contribution in [2.75, 3.05) is 27.2 Å². The molecule has 0 spiro atoms. The molecule has 17 heavy (non-hydrogen) atoms. The minimum atomic E-state index is 0.0725. The van der Waals surface area contributed by atoms with E-state index in [0.717, 1.165) is 12.8 Å². The van der Waals surface area contributed by atoms with Crippen LogP contribution in [0.1, 0.15) is 33.6 Å². The summed E-state index contributed by atoms with van der Waals surface area (Å²) in [6.45, 7) is 7.41. The molecule has 3 heteroatoms. The molecule has 98 valence electrons. The molecule has 0 aromatic carbocycles. The van der Waals surface area contributed by atoms with Gasteiger partial charge in [-0.3, -0.25) is 4.79 Å². The Morgan fingerprint density at radius 2 is 1.82 bits per heavy atom. The van der Waals surface area contributed by atoms with E-state index in [-0.39, 0.29) is 5.91 Å². The fourth-order valence-corrected chi connectivity index (χ4v) is 1.37. The molecule has 0 fully saturated rings. The molecule has 0 aromatic heterocycles. The van der Waals surface area contributed by atoms with Gasteiger partial charge in [-0.25, -0.2) is 0 Å². The lowest BCUT2D eigenvalue weighted by atomic mass is 10.1. The predicted molar refractivity (Wildman–Crippen MR) is 74.0 cm³/mol. The Kier molecular flexibility index (Phi) is 8.42. The molecule has 0 bridgehead atoms. The lowest BCUT2D eigenvalue weighted by Gasteiger charge is -2.08. The summed E-state index contributed by atoms with van der Waals surface area (Å²) >= 11 is 0. The second-order valence-electron chi connectivity index (χ2n) is 4.91. The van der Waals surface area contributed by atoms with Crippen molar-refractivity contribution in [3.63, 3.8) is 0 Å². The SMILES string of the molecule is CC(C)=CCC/C(C)=C/CNC(=O)CN(C)C. The quantitative estimate of drug-likeness (QED) is 0.691. The third-order valence-corrected chi connectivity index (χ3v) is 2.30. The van der Waals surface area contributed by atoms with Crippen LogP contribution in [-0.4, -0.2) is 38.0 Å². The van der Waals surface area contributed by atoms with Crippen LogP contribution in [-0.2, 0) is 4.79 Å². The van der Waals surface area contributed by atoms with Crippen molar-refractivity contribution in [2.24, 2.45) is 0 Å². The highest BCUT2D eigenvalue weighted by Gasteiger charge is 1.99. The largest absolute Gasteiger partial charge is 0.352 e. The van der Waals surface area contributed by atoms with Gasteiger partial charge < -0.3 is 10.2 Å². The molecule has 0 atom stereocenters. The van der Waals surface area contributed by atoms with Gasteiger partial charge in [0.1, 0.15) is 0 Å². The van der Waals surface area contributed by atoms with Gasteiger partial charge in [0, 0.05) is 6.54 Å². The molecule has 3 nitrogen and oxygen atoms in total. The van der Waals surface area contributed by atoms with Gasteiger partial charge in [0.25, 0.3) is 0 Å². The van der Waals surface area contributed by atoms with Crippen LogP contribution in [0.25, 0.3) is 0 Å². The molecule has 0 saturated carbocycles. The molecule has 0 aliphatic rings. The number of allylic oxidation sites excluding steroid dienone is 3. The molecular formula is C14H26N2O. The van der Waals surface area contributed by atoms with Crippen molar-refractivity contribution in [1.82, 2.24) is 10.2 Å². The number of nitrogens with one attached hydrogen (secondary N) is 1. The van der Waals surface area contributed by atoms with E-state index < -0.39 is 0 Å². The van der Waals surface area contributed by atoms with Gasteiger partial charge in [-0.05, 0) is 47.7 Å². The summed E-state index contributed by atoms with van der Waals surface area (Å²) in [5, 5.41) is 2.87. The molecule has 0 unspecified atom stereocenters. The van der Waals surface area contributed by atoms with Crippen molar-refractivity contribution in [3.8, 4) is 0 Å². The first kappa shape index (κ1) is 15.9. The number of nitrogens with zero attached hydrogens (tertiary/aromatic N) is 1. The zero-order valence-electron chi connectivity index (χ0n) is 11.8. The van der Waals surface area contributed by atoms with Gasteiger partial charge in [-0.2, -0.15) is 0 Å². The monoisotopic (exact) mass is 238 g/mol. The van der Waals surface area contributed by atoms with Crippen LogP contribution in [0.4, 0.5) is 0 Å². The Bertz CT molecular complexity index is 287. The smallest absolute Gasteiger partial charge is 0.234 e. The van der Waals surface area contributed by atoms with Crippen LogP contribution in [0, 0.1) is 0 Å². The fraction of sp³-hybridized carbons (Fsp3) is 0.643. The standard InChI is InChI=1S/C14H26N2O/c1-12(2)7-6-8-13(3)9-10-15-14(17)11-16(4)5/h7,9H,6,8,10-11H2,1-5H3,(H,15,17)/b13-9+. The van der Waals surface area contributed by atoms with Crippen LogP contribution >= 0.6 is 0 Å². The molecular weight excluding hydrogens is 212 g/mol. The summed E-state index contributed by atoms with van der Waals surface area (Å²) in [4.78, 5) is 13.2. The second kappa shape index (κ2) is 8.99. The predicted octanol–water partition coefficient (Wildman–Crippen LogP) is 2.36. The molecule has 0 saturated heterocycles. The Labute approximate surface area is 106 Å². The molecule has 0 radical (unpaired) electrons. The van der Waals surface area contributed by atoms with E-state index in [1.54, 1.807) is 0 Å². The van der Waals surface area contributed by atoms with Gasteiger partial charge in [0.15, 0.2) is 0 Å². The molecule has 0 aromatic rings. The van der Waals surface area contributed by atoms with E-state index in [2.05, 4.69) is 38.2 Å². The highest BCUT2D eigenvalue weighted by molar-refractivity contribution is 5.78. The van der Waals surface area contributed by atoms with Crippen molar-refractivity contribution < 1.29 is 4.79 Å². The zero-order chi connectivity index (χ0) is 13.3. The number of carbonyl (C=O) groups is 1. The summed E-state index contributed by atoms with van der Waals surface area (Å²) in [7, 11) is 3.78. The van der Waals surface area contributed by atoms with E-state index >= 15 is 0 Å². The molecule has 0 heterocycles. The van der Waals surface area contributed by atoms with Gasteiger partial charge in [0.05, 0.1) is 6.54 Å². The normalized spacial score (nSPS) is 11.5. The summed E-state index contributed by atoms with van der Waals surface area (Å²) in [5.74, 6) is 0.0725. The maximum Gasteiger partial charge on any atom is 0.234 e. The molecule has 0 aliphatic heterocycles. The fourth-order valence-electron chi connectivity index (χ4n) is 1.37. The van der Waals surface area contributed by atoms with Crippen molar-refractivity contribution in [3.05, 3.63) is 23.3 Å². The van der Waals surface area contributed by atoms with Crippen LogP contribution in [0.15, 0.2) is 23.3 Å². The Morgan fingerprint density at radius 3 is 2.35 bits per heavy atom. The van der Waals surface area contributed by atoms with Crippen LogP contribution in [0.5, 0.6) is 0 Å². The second-order valence-corrected chi connectivity index (χ2v) is 4.91. The lowest BCUT2D eigenvalue weighted by molar-refractivity contribution is -0.121. The molecule has 1 amide bonds. The first-order valence-corrected chi connectivity index (χ1v) is 6.12. The van der Waals surface area contributed by atoms with Gasteiger partial charge in [-0.1, -0.05) is 23.3 Å². The van der Waals surface area contributed by atoms with Gasteiger partial charge >= 0.3 is 0 Å². The molecule has 1 N–H and O–H groups in total. The lowest BCUT2D eigenvalue weighted by Crippen LogP contribution is -2.33. The number of hydrogen-bond donors (Lipinski definition) is 1. The van der Waals surface area contributed by atoms with E-state index in [1.807, 2.05) is 19.0 Å². The Balaban J connectivity index is 3.76. The van der Waals surface area contributed by atoms with Crippen LogP contribution < -0.4 is 5.32 Å². The van der Waals surface area contributed by atoms with Crippen LogP contribution in [0.2, 0.25) is 0 Å². The average molecular weight is 238 g/mol. The Morgan fingerprint density at radius 1 is 1.18 bits per heavy atom. The number of carbonyl (C=O) groups excluding carboxylic acids is 1. The number of likely N-dealkylation sites (N-methyl/N-ethyl adjacent to an activating group) is 1. The number of hydrogen-bond acceptors (Lipinski definition) is 2. The minimum absolute atomic E-state index is 0.0725. The number of rotatable bonds is 7. The third kappa shape index (κ3) is 11.2. The highest BCUT2D eigenvalue weighted by Crippen LogP contribution is 2.05. The van der Waals surface area contributed by atoms with E-state index in [1.165, 1.54) is 11.1 Å². The summed E-state index contributed by atoms with van der Waals surface area (Å²) < 4.78 is 0. The van der Waals surface area contributed by atoms with Crippen LogP contribution in [0.3, 0.4) is 0 Å². The molecule has 0 aliphatic carbocycles. The molecule has 0 rings (SSSR count).